The van der Waals surface area contributed by atoms with Gasteiger partial charge in [0.05, 0.1) is 17.7 Å². The molecule has 2 aromatic carbocycles. The van der Waals surface area contributed by atoms with Crippen molar-refractivity contribution >= 4 is 23.3 Å². The van der Waals surface area contributed by atoms with Gasteiger partial charge in [0.25, 0.3) is 5.91 Å². The molecule has 1 N–H and O–H groups in total. The lowest BCUT2D eigenvalue weighted by Crippen LogP contribution is -2.52. The zero-order chi connectivity index (χ0) is 34.7. The van der Waals surface area contributed by atoms with Crippen LogP contribution in [0.1, 0.15) is 88.6 Å². The summed E-state index contributed by atoms with van der Waals surface area (Å²) in [6, 6.07) is 7.12. The Hall–Kier alpha value is -3.41. The third kappa shape index (κ3) is 11.7. The third-order valence-electron chi connectivity index (χ3n) is 8.40. The van der Waals surface area contributed by atoms with Crippen LogP contribution >= 0.6 is 0 Å². The minimum atomic E-state index is -4.59. The molecule has 0 spiro atoms. The number of carboxylic acid groups (broad SMARTS) is 1. The predicted octanol–water partition coefficient (Wildman–Crippen LogP) is 8.02. The maximum absolute atomic E-state index is 13.6. The number of rotatable bonds is 8. The number of piperazine rings is 1. The third-order valence-corrected chi connectivity index (χ3v) is 8.40. The molecule has 12 heteroatoms. The van der Waals surface area contributed by atoms with E-state index >= 15 is 0 Å². The Morgan fingerprint density at radius 1 is 1.00 bits per heavy atom. The number of amides is 1. The van der Waals surface area contributed by atoms with Crippen molar-refractivity contribution in [2.75, 3.05) is 49.1 Å². The fraction of sp³-hybridized carbons (Fsp3) is 0.600. The number of nitrogens with zero attached hydrogens (tertiary/aromatic N) is 3. The molecule has 1 saturated carbocycles. The van der Waals surface area contributed by atoms with Crippen LogP contribution in [0.2, 0.25) is 0 Å². The SMILES string of the molecule is C1CC1.CC1CCC(C(=O)N2CCN(c3cc(F)cc(C(F)(F)F)c3)CC2)OC1.CCCN(c1ccc(F)c(C(=O)O)c1)C(C)CC. The molecular weight excluding hydrogens is 621 g/mol. The molecule has 3 fully saturated rings. The number of anilines is 2. The molecule has 2 aliphatic heterocycles. The van der Waals surface area contributed by atoms with E-state index in [1.165, 1.54) is 31.4 Å². The van der Waals surface area contributed by atoms with Crippen LogP contribution in [0.4, 0.5) is 33.3 Å². The summed E-state index contributed by atoms with van der Waals surface area (Å²) in [7, 11) is 0. The highest BCUT2D eigenvalue weighted by atomic mass is 19.4. The number of carbonyl (C=O) groups excluding carboxylic acids is 1. The average molecular weight is 670 g/mol. The van der Waals surface area contributed by atoms with Crippen molar-refractivity contribution in [3.8, 4) is 0 Å². The Morgan fingerprint density at radius 2 is 1.66 bits per heavy atom. The molecule has 3 unspecified atom stereocenters. The van der Waals surface area contributed by atoms with Crippen LogP contribution in [0, 0.1) is 17.6 Å². The van der Waals surface area contributed by atoms with Gasteiger partial charge in [-0.3, -0.25) is 4.79 Å². The molecular formula is C35H48F5N3O4. The number of aromatic carboxylic acids is 1. The van der Waals surface area contributed by atoms with Crippen molar-refractivity contribution in [2.45, 2.75) is 91.0 Å². The minimum Gasteiger partial charge on any atom is -0.478 e. The number of carbonyl (C=O) groups is 2. The highest BCUT2D eigenvalue weighted by molar-refractivity contribution is 5.89. The lowest BCUT2D eigenvalue weighted by atomic mass is 9.99. The van der Waals surface area contributed by atoms with E-state index in [2.05, 4.69) is 32.6 Å². The quantitative estimate of drug-likeness (QED) is 0.287. The molecule has 3 atom stereocenters. The maximum Gasteiger partial charge on any atom is 0.416 e. The summed E-state index contributed by atoms with van der Waals surface area (Å²) in [5.74, 6) is -2.45. The number of hydrogen-bond acceptors (Lipinski definition) is 5. The Balaban J connectivity index is 0.000000248. The summed E-state index contributed by atoms with van der Waals surface area (Å²) >= 11 is 0. The number of alkyl halides is 3. The topological polar surface area (TPSA) is 73.3 Å². The molecule has 1 amide bonds. The van der Waals surface area contributed by atoms with E-state index in [0.717, 1.165) is 43.6 Å². The van der Waals surface area contributed by atoms with E-state index in [1.807, 2.05) is 0 Å². The molecule has 0 radical (unpaired) electrons. The minimum absolute atomic E-state index is 0.0632. The van der Waals surface area contributed by atoms with Crippen LogP contribution in [0.5, 0.6) is 0 Å². The van der Waals surface area contributed by atoms with E-state index in [9.17, 15) is 31.5 Å². The molecule has 47 heavy (non-hydrogen) atoms. The molecule has 0 aromatic heterocycles. The summed E-state index contributed by atoms with van der Waals surface area (Å²) in [5, 5.41) is 8.94. The van der Waals surface area contributed by atoms with Gasteiger partial charge in [-0.15, -0.1) is 0 Å². The monoisotopic (exact) mass is 669 g/mol. The summed E-state index contributed by atoms with van der Waals surface area (Å²) < 4.78 is 71.1. The second-order valence-electron chi connectivity index (χ2n) is 12.5. The van der Waals surface area contributed by atoms with Crippen LogP contribution in [-0.2, 0) is 15.7 Å². The standard InChI is InChI=1S/C18H22F4N2O2.C14H20FNO2.C3H6/c1-12-2-3-16(26-11-12)17(25)24-6-4-23(5-7-24)15-9-13(18(20,21)22)8-14(19)10-15;1-4-8-16(10(3)5-2)11-6-7-13(15)12(9-11)14(17)18;1-2-3-1/h8-10,12,16H,2-7,11H2,1H3;6-7,9-10H,4-5,8H2,1-3H3,(H,17,18);1-3H2. The summed E-state index contributed by atoms with van der Waals surface area (Å²) in [6.07, 6.45) is 3.04. The molecule has 7 nitrogen and oxygen atoms in total. The summed E-state index contributed by atoms with van der Waals surface area (Å²) in [4.78, 5) is 28.9. The fourth-order valence-electron chi connectivity index (χ4n) is 5.31. The Labute approximate surface area is 274 Å². The van der Waals surface area contributed by atoms with Gasteiger partial charge in [0.2, 0.25) is 0 Å². The van der Waals surface area contributed by atoms with Crippen molar-refractivity contribution in [3.63, 3.8) is 0 Å². The Bertz CT molecular complexity index is 1300. The molecule has 262 valence electrons. The van der Waals surface area contributed by atoms with Crippen molar-refractivity contribution < 1.29 is 41.4 Å². The first-order valence-electron chi connectivity index (χ1n) is 16.6. The molecule has 0 bridgehead atoms. The molecule has 2 saturated heterocycles. The maximum atomic E-state index is 13.6. The van der Waals surface area contributed by atoms with Crippen LogP contribution < -0.4 is 9.80 Å². The van der Waals surface area contributed by atoms with Crippen LogP contribution in [0.15, 0.2) is 36.4 Å². The number of carboxylic acids is 1. The van der Waals surface area contributed by atoms with E-state index in [0.29, 0.717) is 57.2 Å². The molecule has 1 aliphatic carbocycles. The predicted molar refractivity (Wildman–Crippen MR) is 173 cm³/mol. The molecule has 2 heterocycles. The van der Waals surface area contributed by atoms with E-state index < -0.39 is 35.4 Å². The highest BCUT2D eigenvalue weighted by Crippen LogP contribution is 2.33. The lowest BCUT2D eigenvalue weighted by Gasteiger charge is -2.38. The van der Waals surface area contributed by atoms with Crippen molar-refractivity contribution in [1.29, 1.82) is 0 Å². The molecule has 5 rings (SSSR count). The Morgan fingerprint density at radius 3 is 2.17 bits per heavy atom. The normalized spacial score (nSPS) is 19.9. The highest BCUT2D eigenvalue weighted by Gasteiger charge is 2.34. The number of hydrogen-bond donors (Lipinski definition) is 1. The van der Waals surface area contributed by atoms with Gasteiger partial charge in [-0.25, -0.2) is 13.6 Å². The van der Waals surface area contributed by atoms with Crippen LogP contribution in [-0.4, -0.2) is 73.4 Å². The van der Waals surface area contributed by atoms with Gasteiger partial charge in [-0.05, 0) is 74.9 Å². The fourth-order valence-corrected chi connectivity index (χ4v) is 5.31. The van der Waals surface area contributed by atoms with Crippen molar-refractivity contribution in [2.24, 2.45) is 5.92 Å². The zero-order valence-corrected chi connectivity index (χ0v) is 27.8. The average Bonchev–Trinajstić information content (AvgIpc) is 3.93. The number of benzene rings is 2. The van der Waals surface area contributed by atoms with Gasteiger partial charge < -0.3 is 24.5 Å². The van der Waals surface area contributed by atoms with Gasteiger partial charge in [-0.2, -0.15) is 13.2 Å². The number of ether oxygens (including phenoxy) is 1. The molecule has 2 aromatic rings. The second kappa shape index (κ2) is 17.7. The number of halogens is 5. The zero-order valence-electron chi connectivity index (χ0n) is 27.8. The Kier molecular flexibility index (Phi) is 14.3. The first kappa shape index (κ1) is 38.0. The van der Waals surface area contributed by atoms with Crippen LogP contribution in [0.3, 0.4) is 0 Å². The van der Waals surface area contributed by atoms with Gasteiger partial charge in [0.1, 0.15) is 17.7 Å². The summed E-state index contributed by atoms with van der Waals surface area (Å²) in [5.41, 5.74) is -0.315. The van der Waals surface area contributed by atoms with Gasteiger partial charge in [-0.1, -0.05) is 40.0 Å². The smallest absolute Gasteiger partial charge is 0.416 e. The van der Waals surface area contributed by atoms with Gasteiger partial charge >= 0.3 is 12.1 Å². The largest absolute Gasteiger partial charge is 0.478 e. The first-order valence-corrected chi connectivity index (χ1v) is 16.6. The molecule has 3 aliphatic rings. The van der Waals surface area contributed by atoms with E-state index in [-0.39, 0.29) is 17.2 Å². The summed E-state index contributed by atoms with van der Waals surface area (Å²) in [6.45, 7) is 11.2. The van der Waals surface area contributed by atoms with Crippen LogP contribution in [0.25, 0.3) is 0 Å². The van der Waals surface area contributed by atoms with Crippen molar-refractivity contribution in [1.82, 2.24) is 4.90 Å². The van der Waals surface area contributed by atoms with E-state index in [4.69, 9.17) is 9.84 Å². The lowest BCUT2D eigenvalue weighted by molar-refractivity contribution is -0.148. The first-order chi connectivity index (χ1) is 22.2. The van der Waals surface area contributed by atoms with Gasteiger partial charge in [0.15, 0.2) is 0 Å². The van der Waals surface area contributed by atoms with Crippen molar-refractivity contribution in [3.05, 3.63) is 59.2 Å². The second-order valence-corrected chi connectivity index (χ2v) is 12.5. The van der Waals surface area contributed by atoms with E-state index in [1.54, 1.807) is 15.9 Å². The van der Waals surface area contributed by atoms with Gasteiger partial charge in [0, 0.05) is 50.1 Å².